The molecule has 1 amide bonds. The summed E-state index contributed by atoms with van der Waals surface area (Å²) in [7, 11) is 2.05. The van der Waals surface area contributed by atoms with Gasteiger partial charge in [-0.25, -0.2) is 14.8 Å². The molecule has 0 spiro atoms. The van der Waals surface area contributed by atoms with Crippen LogP contribution < -0.4 is 10.2 Å². The van der Waals surface area contributed by atoms with Crippen LogP contribution in [0.15, 0.2) is 54.7 Å². The minimum atomic E-state index is -0.472. The van der Waals surface area contributed by atoms with Crippen LogP contribution in [0.1, 0.15) is 39.2 Å². The fourth-order valence-electron chi connectivity index (χ4n) is 4.43. The molecule has 3 heterocycles. The summed E-state index contributed by atoms with van der Waals surface area (Å²) in [6.07, 6.45) is 5.63. The Hall–Kier alpha value is -3.49. The third-order valence-electron chi connectivity index (χ3n) is 6.28. The van der Waals surface area contributed by atoms with Crippen molar-refractivity contribution in [1.82, 2.24) is 14.9 Å². The first-order chi connectivity index (χ1) is 17.3. The topological polar surface area (TPSA) is 89.1 Å². The quantitative estimate of drug-likeness (QED) is 0.575. The lowest BCUT2D eigenvalue weighted by Crippen LogP contribution is -2.43. The van der Waals surface area contributed by atoms with Crippen LogP contribution in [-0.2, 0) is 20.6 Å². The van der Waals surface area contributed by atoms with Gasteiger partial charge >= 0.3 is 6.09 Å². The number of hydrogen-bond acceptors (Lipinski definition) is 8. The minimum Gasteiger partial charge on any atom is -0.462 e. The molecule has 1 atom stereocenters. The molecule has 1 fully saturated rings. The minimum absolute atomic E-state index is 0.111. The number of anilines is 2. The highest BCUT2D eigenvalue weighted by atomic mass is 16.7. The van der Waals surface area contributed by atoms with E-state index in [1.54, 1.807) is 12.6 Å². The first-order valence-corrected chi connectivity index (χ1v) is 12.5. The Bertz CT molecular complexity index is 1030. The third kappa shape index (κ3) is 7.26. The number of likely N-dealkylation sites (tertiary alicyclic amines) is 1. The molecule has 9 nitrogen and oxygen atoms in total. The summed E-state index contributed by atoms with van der Waals surface area (Å²) >= 11 is 0. The Morgan fingerprint density at radius 2 is 1.97 bits per heavy atom. The van der Waals surface area contributed by atoms with E-state index in [1.165, 1.54) is 5.56 Å². The molecular formula is C27H37N5O4. The van der Waals surface area contributed by atoms with Crippen LogP contribution in [0, 0.1) is 5.92 Å². The van der Waals surface area contributed by atoms with Crippen molar-refractivity contribution in [2.45, 2.75) is 51.7 Å². The summed E-state index contributed by atoms with van der Waals surface area (Å²) in [5, 5.41) is 3.50. The maximum atomic E-state index is 12.3. The Labute approximate surface area is 213 Å². The number of nitrogens with zero attached hydrogens (tertiary/aromatic N) is 4. The predicted molar refractivity (Wildman–Crippen MR) is 139 cm³/mol. The van der Waals surface area contributed by atoms with Crippen molar-refractivity contribution in [2.24, 2.45) is 5.92 Å². The van der Waals surface area contributed by atoms with Crippen molar-refractivity contribution in [3.05, 3.63) is 60.3 Å². The number of hydrogen-bond donors (Lipinski definition) is 1. The van der Waals surface area contributed by atoms with E-state index in [-0.39, 0.29) is 18.9 Å². The highest BCUT2D eigenvalue weighted by Gasteiger charge is 2.28. The Morgan fingerprint density at radius 3 is 2.64 bits per heavy atom. The monoisotopic (exact) mass is 495 g/mol. The number of aromatic nitrogens is 2. The van der Waals surface area contributed by atoms with Gasteiger partial charge in [0, 0.05) is 32.7 Å². The second-order valence-corrected chi connectivity index (χ2v) is 10.4. The number of rotatable bonds is 8. The van der Waals surface area contributed by atoms with Gasteiger partial charge in [-0.2, -0.15) is 0 Å². The van der Waals surface area contributed by atoms with Gasteiger partial charge in [0.2, 0.25) is 6.79 Å². The average molecular weight is 496 g/mol. The zero-order valence-corrected chi connectivity index (χ0v) is 21.6. The molecule has 0 bridgehead atoms. The van der Waals surface area contributed by atoms with E-state index in [0.29, 0.717) is 19.0 Å². The van der Waals surface area contributed by atoms with Gasteiger partial charge in [-0.1, -0.05) is 30.3 Å². The number of carbonyl (C=O) groups is 1. The van der Waals surface area contributed by atoms with E-state index in [2.05, 4.69) is 32.3 Å². The van der Waals surface area contributed by atoms with Gasteiger partial charge in [0.05, 0.1) is 6.04 Å². The molecule has 1 aromatic carbocycles. The lowest BCUT2D eigenvalue weighted by molar-refractivity contribution is 0.0186. The van der Waals surface area contributed by atoms with E-state index in [9.17, 15) is 4.79 Å². The maximum Gasteiger partial charge on any atom is 0.410 e. The van der Waals surface area contributed by atoms with Crippen LogP contribution in [0.5, 0.6) is 0 Å². The van der Waals surface area contributed by atoms with Crippen LogP contribution in [0.2, 0.25) is 0 Å². The van der Waals surface area contributed by atoms with E-state index in [0.717, 1.165) is 43.2 Å². The molecule has 0 saturated carbocycles. The summed E-state index contributed by atoms with van der Waals surface area (Å²) in [4.78, 5) is 25.3. The highest BCUT2D eigenvalue weighted by molar-refractivity contribution is 5.68. The first-order valence-electron chi connectivity index (χ1n) is 12.5. The summed E-state index contributed by atoms with van der Waals surface area (Å²) in [5.74, 6) is 2.80. The molecule has 0 aliphatic carbocycles. The number of benzene rings is 1. The van der Waals surface area contributed by atoms with Gasteiger partial charge in [-0.3, -0.25) is 0 Å². The average Bonchev–Trinajstić information content (AvgIpc) is 3.39. The number of carbonyl (C=O) groups excluding carboxylic acids is 1. The molecule has 1 aromatic heterocycles. The van der Waals surface area contributed by atoms with Crippen LogP contribution in [0.4, 0.5) is 16.4 Å². The Balaban J connectivity index is 1.34. The molecule has 9 heteroatoms. The van der Waals surface area contributed by atoms with E-state index < -0.39 is 5.60 Å². The Morgan fingerprint density at radius 1 is 1.22 bits per heavy atom. The number of nitrogens with one attached hydrogen (secondary N) is 1. The first kappa shape index (κ1) is 25.6. The molecule has 1 N–H and O–H groups in total. The summed E-state index contributed by atoms with van der Waals surface area (Å²) in [6.45, 7) is 8.19. The van der Waals surface area contributed by atoms with Gasteiger partial charge in [0.25, 0.3) is 0 Å². The lowest BCUT2D eigenvalue weighted by Gasteiger charge is -2.35. The number of ether oxygens (including phenoxy) is 3. The smallest absolute Gasteiger partial charge is 0.410 e. The molecule has 2 aliphatic heterocycles. The van der Waals surface area contributed by atoms with E-state index in [1.807, 2.05) is 57.0 Å². The zero-order chi connectivity index (χ0) is 25.5. The fourth-order valence-corrected chi connectivity index (χ4v) is 4.43. The van der Waals surface area contributed by atoms with Crippen molar-refractivity contribution >= 4 is 17.7 Å². The largest absolute Gasteiger partial charge is 0.462 e. The maximum absolute atomic E-state index is 12.3. The fraction of sp³-hybridized carbons (Fsp3) is 0.519. The summed E-state index contributed by atoms with van der Waals surface area (Å²) < 4.78 is 16.5. The van der Waals surface area contributed by atoms with Crippen molar-refractivity contribution < 1.29 is 19.0 Å². The van der Waals surface area contributed by atoms with Crippen molar-refractivity contribution in [3.8, 4) is 0 Å². The standard InChI is InChI=1S/C27H37N5O4/c1-27(2,3)36-26(33)32-12-10-21(11-13-32)16-31(4)25-15-24(28-18-29-25)30-22(23-17-34-19-35-23)14-20-8-6-5-7-9-20/h5-9,15,17-18,21-22H,10-14,16,19H2,1-4H3,(H,28,29,30). The van der Waals surface area contributed by atoms with Crippen LogP contribution in [-0.4, -0.2) is 66.1 Å². The van der Waals surface area contributed by atoms with E-state index >= 15 is 0 Å². The van der Waals surface area contributed by atoms with E-state index in [4.69, 9.17) is 14.2 Å². The molecule has 36 heavy (non-hydrogen) atoms. The van der Waals surface area contributed by atoms with Gasteiger partial charge in [-0.05, 0) is 51.5 Å². The Kier molecular flexibility index (Phi) is 8.18. The van der Waals surface area contributed by atoms with Crippen molar-refractivity contribution in [2.75, 3.05) is 43.7 Å². The molecule has 2 aromatic rings. The third-order valence-corrected chi connectivity index (χ3v) is 6.28. The lowest BCUT2D eigenvalue weighted by atomic mass is 9.96. The second kappa shape index (κ2) is 11.5. The highest BCUT2D eigenvalue weighted by Crippen LogP contribution is 2.24. The van der Waals surface area contributed by atoms with Gasteiger partial charge < -0.3 is 29.3 Å². The van der Waals surface area contributed by atoms with Crippen LogP contribution >= 0.6 is 0 Å². The summed E-state index contributed by atoms with van der Waals surface area (Å²) in [5.41, 5.74) is 0.719. The van der Waals surface area contributed by atoms with Gasteiger partial charge in [0.15, 0.2) is 5.76 Å². The molecule has 4 rings (SSSR count). The number of piperidine rings is 1. The molecule has 1 unspecified atom stereocenters. The molecule has 1 saturated heterocycles. The normalized spacial score (nSPS) is 17.0. The second-order valence-electron chi connectivity index (χ2n) is 10.4. The summed E-state index contributed by atoms with van der Waals surface area (Å²) in [6, 6.07) is 12.1. The molecular weight excluding hydrogens is 458 g/mol. The van der Waals surface area contributed by atoms with Crippen LogP contribution in [0.25, 0.3) is 0 Å². The molecule has 2 aliphatic rings. The van der Waals surface area contributed by atoms with Crippen LogP contribution in [0.3, 0.4) is 0 Å². The van der Waals surface area contributed by atoms with Crippen molar-refractivity contribution in [3.63, 3.8) is 0 Å². The zero-order valence-electron chi connectivity index (χ0n) is 21.6. The number of amides is 1. The molecule has 194 valence electrons. The van der Waals surface area contributed by atoms with Gasteiger partial charge in [-0.15, -0.1) is 0 Å². The van der Waals surface area contributed by atoms with Crippen molar-refractivity contribution in [1.29, 1.82) is 0 Å². The van der Waals surface area contributed by atoms with Gasteiger partial charge in [0.1, 0.15) is 29.8 Å². The predicted octanol–water partition coefficient (Wildman–Crippen LogP) is 4.43. The molecule has 0 radical (unpaired) electrons. The SMILES string of the molecule is CN(CC1CCN(C(=O)OC(C)(C)C)CC1)c1cc(NC(Cc2ccccc2)C2=COCO2)ncn1.